The molecule has 0 bridgehead atoms. The third kappa shape index (κ3) is 3.81. The predicted octanol–water partition coefficient (Wildman–Crippen LogP) is 3.81. The highest BCUT2D eigenvalue weighted by atomic mass is 19.1. The summed E-state index contributed by atoms with van der Waals surface area (Å²) >= 11 is 0. The van der Waals surface area contributed by atoms with Crippen molar-refractivity contribution in [2.24, 2.45) is 0 Å². The molecule has 24 heavy (non-hydrogen) atoms. The van der Waals surface area contributed by atoms with Gasteiger partial charge in [0.15, 0.2) is 0 Å². The maximum atomic E-state index is 13.7. The maximum absolute atomic E-state index is 13.7. The molecule has 0 aliphatic carbocycles. The Balaban J connectivity index is 1.79. The predicted molar refractivity (Wildman–Crippen MR) is 88.0 cm³/mol. The molecule has 0 spiro atoms. The van der Waals surface area contributed by atoms with Crippen LogP contribution >= 0.6 is 0 Å². The molecule has 3 aromatic rings. The van der Waals surface area contributed by atoms with Gasteiger partial charge >= 0.3 is 0 Å². The molecule has 7 heteroatoms. The Labute approximate surface area is 137 Å². The zero-order valence-corrected chi connectivity index (χ0v) is 12.9. The molecular weight excluding hydrogens is 312 g/mol. The van der Waals surface area contributed by atoms with E-state index >= 15 is 0 Å². The van der Waals surface area contributed by atoms with Crippen LogP contribution in [0.25, 0.3) is 0 Å². The van der Waals surface area contributed by atoms with Crippen LogP contribution < -0.4 is 10.6 Å². The minimum atomic E-state index is -0.686. The third-order valence-electron chi connectivity index (χ3n) is 3.23. The SMILES string of the molecule is Cc1nc(NCc2ccccn2)cc(Nc2c(F)cccc2F)n1. The van der Waals surface area contributed by atoms with Crippen molar-refractivity contribution in [2.75, 3.05) is 10.6 Å². The molecule has 2 N–H and O–H groups in total. The van der Waals surface area contributed by atoms with Gasteiger partial charge in [-0.3, -0.25) is 4.98 Å². The molecule has 0 atom stereocenters. The fraction of sp³-hybridized carbons (Fsp3) is 0.118. The molecular formula is C17H15F2N5. The normalized spacial score (nSPS) is 10.5. The second-order valence-corrected chi connectivity index (χ2v) is 5.08. The third-order valence-corrected chi connectivity index (χ3v) is 3.23. The highest BCUT2D eigenvalue weighted by Gasteiger charge is 2.10. The molecule has 3 rings (SSSR count). The first kappa shape index (κ1) is 15.8. The van der Waals surface area contributed by atoms with Crippen LogP contribution in [0, 0.1) is 18.6 Å². The Kier molecular flexibility index (Phi) is 4.60. The second kappa shape index (κ2) is 6.99. The van der Waals surface area contributed by atoms with Crippen molar-refractivity contribution in [1.29, 1.82) is 0 Å². The minimum absolute atomic E-state index is 0.244. The van der Waals surface area contributed by atoms with Crippen molar-refractivity contribution < 1.29 is 8.78 Å². The van der Waals surface area contributed by atoms with E-state index < -0.39 is 11.6 Å². The van der Waals surface area contributed by atoms with E-state index in [2.05, 4.69) is 25.6 Å². The van der Waals surface area contributed by atoms with Crippen molar-refractivity contribution in [1.82, 2.24) is 15.0 Å². The summed E-state index contributed by atoms with van der Waals surface area (Å²) in [6.45, 7) is 2.18. The number of benzene rings is 1. The summed E-state index contributed by atoms with van der Waals surface area (Å²) in [5.74, 6) is -0.0637. The summed E-state index contributed by atoms with van der Waals surface area (Å²) in [7, 11) is 0. The monoisotopic (exact) mass is 327 g/mol. The first-order chi connectivity index (χ1) is 11.6. The van der Waals surface area contributed by atoms with Gasteiger partial charge in [-0.2, -0.15) is 0 Å². The zero-order chi connectivity index (χ0) is 16.9. The molecule has 5 nitrogen and oxygen atoms in total. The number of pyridine rings is 1. The van der Waals surface area contributed by atoms with Crippen LogP contribution in [0.5, 0.6) is 0 Å². The highest BCUT2D eigenvalue weighted by Crippen LogP contribution is 2.23. The van der Waals surface area contributed by atoms with Crippen molar-refractivity contribution >= 4 is 17.3 Å². The van der Waals surface area contributed by atoms with Gasteiger partial charge in [0.2, 0.25) is 0 Å². The summed E-state index contributed by atoms with van der Waals surface area (Å²) in [4.78, 5) is 12.6. The largest absolute Gasteiger partial charge is 0.364 e. The number of nitrogens with one attached hydrogen (secondary N) is 2. The van der Waals surface area contributed by atoms with E-state index in [1.54, 1.807) is 19.2 Å². The number of aryl methyl sites for hydroxylation is 1. The second-order valence-electron chi connectivity index (χ2n) is 5.08. The lowest BCUT2D eigenvalue weighted by atomic mass is 10.3. The summed E-state index contributed by atoms with van der Waals surface area (Å²) in [5.41, 5.74) is 0.606. The molecule has 0 saturated carbocycles. The number of halogens is 2. The van der Waals surface area contributed by atoms with Gasteiger partial charge in [0.25, 0.3) is 0 Å². The fourth-order valence-electron chi connectivity index (χ4n) is 2.15. The number of anilines is 3. The smallest absolute Gasteiger partial charge is 0.149 e. The van der Waals surface area contributed by atoms with E-state index in [4.69, 9.17) is 0 Å². The van der Waals surface area contributed by atoms with Crippen LogP contribution in [0.1, 0.15) is 11.5 Å². The number of para-hydroxylation sites is 1. The lowest BCUT2D eigenvalue weighted by Crippen LogP contribution is -2.07. The van der Waals surface area contributed by atoms with E-state index in [1.807, 2.05) is 18.2 Å². The van der Waals surface area contributed by atoms with E-state index in [1.165, 1.54) is 18.2 Å². The Morgan fingerprint density at radius 3 is 2.42 bits per heavy atom. The van der Waals surface area contributed by atoms with Crippen LogP contribution in [0.2, 0.25) is 0 Å². The van der Waals surface area contributed by atoms with Crippen molar-refractivity contribution in [3.8, 4) is 0 Å². The molecule has 0 unspecified atom stereocenters. The van der Waals surface area contributed by atoms with Gasteiger partial charge < -0.3 is 10.6 Å². The Bertz CT molecular complexity index is 819. The molecule has 0 fully saturated rings. The molecule has 2 heterocycles. The van der Waals surface area contributed by atoms with Gasteiger partial charge in [0, 0.05) is 12.3 Å². The standard InChI is InChI=1S/C17H15F2N5/c1-11-22-15(21-10-12-5-2-3-8-20-12)9-16(23-11)24-17-13(18)6-4-7-14(17)19/h2-9H,10H2,1H3,(H2,21,22,23,24). The lowest BCUT2D eigenvalue weighted by molar-refractivity contribution is 0.590. The van der Waals surface area contributed by atoms with E-state index in [0.717, 1.165) is 5.69 Å². The Hall–Kier alpha value is -3.09. The van der Waals surface area contributed by atoms with Crippen LogP contribution in [-0.2, 0) is 6.54 Å². The van der Waals surface area contributed by atoms with Crippen molar-refractivity contribution in [3.05, 3.63) is 71.8 Å². The first-order valence-electron chi connectivity index (χ1n) is 7.32. The fourth-order valence-corrected chi connectivity index (χ4v) is 2.15. The average molecular weight is 327 g/mol. The van der Waals surface area contributed by atoms with Crippen LogP contribution in [0.3, 0.4) is 0 Å². The summed E-state index contributed by atoms with van der Waals surface area (Å²) in [6, 6.07) is 10.9. The quantitative estimate of drug-likeness (QED) is 0.746. The van der Waals surface area contributed by atoms with E-state index in [-0.39, 0.29) is 5.69 Å². The molecule has 0 amide bonds. The molecule has 0 saturated heterocycles. The lowest BCUT2D eigenvalue weighted by Gasteiger charge is -2.11. The maximum Gasteiger partial charge on any atom is 0.149 e. The molecule has 0 aliphatic heterocycles. The zero-order valence-electron chi connectivity index (χ0n) is 12.9. The number of hydrogen-bond acceptors (Lipinski definition) is 5. The number of rotatable bonds is 5. The molecule has 122 valence electrons. The van der Waals surface area contributed by atoms with Gasteiger partial charge in [-0.15, -0.1) is 0 Å². The van der Waals surface area contributed by atoms with Gasteiger partial charge in [0.1, 0.15) is 34.8 Å². The van der Waals surface area contributed by atoms with E-state index in [0.29, 0.717) is 24.0 Å². The topological polar surface area (TPSA) is 62.7 Å². The van der Waals surface area contributed by atoms with Gasteiger partial charge in [-0.1, -0.05) is 12.1 Å². The molecule has 0 radical (unpaired) electrons. The molecule has 1 aromatic carbocycles. The van der Waals surface area contributed by atoms with E-state index in [9.17, 15) is 8.78 Å². The minimum Gasteiger partial charge on any atom is -0.364 e. The number of nitrogens with zero attached hydrogens (tertiary/aromatic N) is 3. The Morgan fingerprint density at radius 1 is 0.958 bits per heavy atom. The van der Waals surface area contributed by atoms with Crippen molar-refractivity contribution in [3.63, 3.8) is 0 Å². The van der Waals surface area contributed by atoms with Gasteiger partial charge in [-0.25, -0.2) is 18.7 Å². The Morgan fingerprint density at radius 2 is 1.71 bits per heavy atom. The highest BCUT2D eigenvalue weighted by molar-refractivity contribution is 5.60. The molecule has 0 aliphatic rings. The summed E-state index contributed by atoms with van der Waals surface area (Å²) in [5, 5.41) is 5.78. The first-order valence-corrected chi connectivity index (χ1v) is 7.32. The van der Waals surface area contributed by atoms with Crippen LogP contribution in [0.4, 0.5) is 26.1 Å². The average Bonchev–Trinajstić information content (AvgIpc) is 2.57. The number of hydrogen-bond donors (Lipinski definition) is 2. The van der Waals surface area contributed by atoms with Crippen molar-refractivity contribution in [2.45, 2.75) is 13.5 Å². The van der Waals surface area contributed by atoms with Crippen LogP contribution in [0.15, 0.2) is 48.7 Å². The van der Waals surface area contributed by atoms with Gasteiger partial charge in [0.05, 0.1) is 12.2 Å². The van der Waals surface area contributed by atoms with Crippen LogP contribution in [-0.4, -0.2) is 15.0 Å². The van der Waals surface area contributed by atoms with Gasteiger partial charge in [-0.05, 0) is 31.2 Å². The summed E-state index contributed by atoms with van der Waals surface area (Å²) in [6.07, 6.45) is 1.70. The summed E-state index contributed by atoms with van der Waals surface area (Å²) < 4.78 is 27.5. The number of aromatic nitrogens is 3. The molecule has 2 aromatic heterocycles.